The summed E-state index contributed by atoms with van der Waals surface area (Å²) in [5, 5.41) is 10.7. The van der Waals surface area contributed by atoms with Crippen molar-refractivity contribution >= 4 is 40.6 Å². The van der Waals surface area contributed by atoms with E-state index >= 15 is 0 Å². The molecule has 0 radical (unpaired) electrons. The van der Waals surface area contributed by atoms with Crippen LogP contribution in [0, 0.1) is 5.92 Å². The highest BCUT2D eigenvalue weighted by Crippen LogP contribution is 2.26. The van der Waals surface area contributed by atoms with E-state index in [1.54, 1.807) is 71.4 Å². The molecule has 2 amide bonds. The molecule has 9 heteroatoms. The average Bonchev–Trinajstić information content (AvgIpc) is 3.26. The zero-order valence-electron chi connectivity index (χ0n) is 18.9. The van der Waals surface area contributed by atoms with Crippen molar-refractivity contribution in [3.05, 3.63) is 77.4 Å². The van der Waals surface area contributed by atoms with Crippen LogP contribution in [0.1, 0.15) is 42.5 Å². The summed E-state index contributed by atoms with van der Waals surface area (Å²) in [6.07, 6.45) is 6.91. The molecular weight excluding hydrogens is 466 g/mol. The van der Waals surface area contributed by atoms with E-state index in [0.29, 0.717) is 39.4 Å². The number of halogens is 1. The van der Waals surface area contributed by atoms with Crippen molar-refractivity contribution in [1.29, 1.82) is 0 Å². The molecule has 4 aromatic rings. The topological polar surface area (TPSA) is 97.6 Å². The Labute approximate surface area is 207 Å². The zero-order valence-corrected chi connectivity index (χ0v) is 19.7. The molecule has 1 aliphatic rings. The SMILES string of the molecule is O=C(Nc1cccc(Oc2ccc3nc(NC(=O)C4CCCCC4)cn3n2)c1)c1cccc(Cl)c1. The van der Waals surface area contributed by atoms with Crippen LogP contribution in [-0.2, 0) is 4.79 Å². The summed E-state index contributed by atoms with van der Waals surface area (Å²) in [7, 11) is 0. The number of benzene rings is 2. The van der Waals surface area contributed by atoms with Gasteiger partial charge in [0.25, 0.3) is 5.91 Å². The molecule has 178 valence electrons. The summed E-state index contributed by atoms with van der Waals surface area (Å²) in [6, 6.07) is 17.2. The molecule has 2 N–H and O–H groups in total. The molecule has 2 aromatic heterocycles. The van der Waals surface area contributed by atoms with Crippen LogP contribution >= 0.6 is 11.6 Å². The number of carbonyl (C=O) groups is 2. The van der Waals surface area contributed by atoms with Crippen LogP contribution in [0.15, 0.2) is 66.9 Å². The number of amides is 2. The number of carbonyl (C=O) groups excluding carboxylic acids is 2. The van der Waals surface area contributed by atoms with Crippen LogP contribution in [0.4, 0.5) is 11.5 Å². The van der Waals surface area contributed by atoms with Gasteiger partial charge in [-0.2, -0.15) is 0 Å². The van der Waals surface area contributed by atoms with Gasteiger partial charge in [0.15, 0.2) is 11.5 Å². The lowest BCUT2D eigenvalue weighted by Gasteiger charge is -2.19. The van der Waals surface area contributed by atoms with Crippen LogP contribution in [0.3, 0.4) is 0 Å². The Kier molecular flexibility index (Phi) is 6.63. The van der Waals surface area contributed by atoms with Crippen LogP contribution < -0.4 is 15.4 Å². The molecule has 0 bridgehead atoms. The number of aromatic nitrogens is 3. The van der Waals surface area contributed by atoms with E-state index in [1.807, 2.05) is 0 Å². The average molecular weight is 490 g/mol. The second-order valence-electron chi connectivity index (χ2n) is 8.52. The summed E-state index contributed by atoms with van der Waals surface area (Å²) in [4.78, 5) is 29.5. The quantitative estimate of drug-likeness (QED) is 0.349. The highest BCUT2D eigenvalue weighted by molar-refractivity contribution is 6.31. The number of hydrogen-bond acceptors (Lipinski definition) is 5. The molecule has 0 aliphatic heterocycles. The van der Waals surface area contributed by atoms with Crippen LogP contribution in [-0.4, -0.2) is 26.4 Å². The van der Waals surface area contributed by atoms with Gasteiger partial charge in [-0.3, -0.25) is 9.59 Å². The summed E-state index contributed by atoms with van der Waals surface area (Å²) in [6.45, 7) is 0. The van der Waals surface area contributed by atoms with Gasteiger partial charge in [0, 0.05) is 34.3 Å². The summed E-state index contributed by atoms with van der Waals surface area (Å²) < 4.78 is 7.47. The van der Waals surface area contributed by atoms with Gasteiger partial charge in [-0.15, -0.1) is 5.10 Å². The summed E-state index contributed by atoms with van der Waals surface area (Å²) >= 11 is 5.98. The second-order valence-corrected chi connectivity index (χ2v) is 8.96. The molecule has 1 fully saturated rings. The number of ether oxygens (including phenoxy) is 1. The summed E-state index contributed by atoms with van der Waals surface area (Å²) in [5.41, 5.74) is 1.63. The van der Waals surface area contributed by atoms with Gasteiger partial charge >= 0.3 is 0 Å². The van der Waals surface area contributed by atoms with Crippen molar-refractivity contribution in [2.24, 2.45) is 5.92 Å². The van der Waals surface area contributed by atoms with E-state index < -0.39 is 0 Å². The van der Waals surface area contributed by atoms with Crippen LogP contribution in [0.2, 0.25) is 5.02 Å². The molecule has 2 aromatic carbocycles. The molecule has 0 atom stereocenters. The van der Waals surface area contributed by atoms with Crippen molar-refractivity contribution in [2.75, 3.05) is 10.6 Å². The molecule has 1 saturated carbocycles. The summed E-state index contributed by atoms with van der Waals surface area (Å²) in [5.74, 6) is 1.11. The molecular formula is C26H24ClN5O3. The van der Waals surface area contributed by atoms with Gasteiger partial charge in [-0.05, 0) is 49.2 Å². The van der Waals surface area contributed by atoms with E-state index in [0.717, 1.165) is 25.7 Å². The maximum absolute atomic E-state index is 12.5. The maximum atomic E-state index is 12.5. The minimum Gasteiger partial charge on any atom is -0.438 e. The van der Waals surface area contributed by atoms with Gasteiger partial charge in [0.1, 0.15) is 5.75 Å². The lowest BCUT2D eigenvalue weighted by atomic mass is 9.89. The Balaban J connectivity index is 1.26. The van der Waals surface area contributed by atoms with Gasteiger partial charge in [-0.1, -0.05) is 43.0 Å². The lowest BCUT2D eigenvalue weighted by molar-refractivity contribution is -0.120. The smallest absolute Gasteiger partial charge is 0.255 e. The van der Waals surface area contributed by atoms with Crippen molar-refractivity contribution in [3.8, 4) is 11.6 Å². The predicted octanol–water partition coefficient (Wildman–Crippen LogP) is 5.95. The van der Waals surface area contributed by atoms with E-state index in [-0.39, 0.29) is 17.7 Å². The Morgan fingerprint density at radius 1 is 0.971 bits per heavy atom. The first-order valence-electron chi connectivity index (χ1n) is 11.6. The highest BCUT2D eigenvalue weighted by Gasteiger charge is 2.22. The van der Waals surface area contributed by atoms with E-state index in [1.165, 1.54) is 6.42 Å². The third-order valence-corrected chi connectivity index (χ3v) is 6.16. The van der Waals surface area contributed by atoms with E-state index in [2.05, 4.69) is 20.7 Å². The van der Waals surface area contributed by atoms with Gasteiger partial charge in [-0.25, -0.2) is 9.50 Å². The molecule has 35 heavy (non-hydrogen) atoms. The number of rotatable bonds is 6. The molecule has 0 saturated heterocycles. The minimum absolute atomic E-state index is 0.0150. The normalized spacial score (nSPS) is 14.0. The first-order chi connectivity index (χ1) is 17.0. The molecule has 2 heterocycles. The fourth-order valence-corrected chi connectivity index (χ4v) is 4.35. The fraction of sp³-hybridized carbons (Fsp3) is 0.231. The Bertz CT molecular complexity index is 1380. The molecule has 0 unspecified atom stereocenters. The Hall–Kier alpha value is -3.91. The van der Waals surface area contributed by atoms with Crippen molar-refractivity contribution in [3.63, 3.8) is 0 Å². The van der Waals surface area contributed by atoms with E-state index in [4.69, 9.17) is 16.3 Å². The molecule has 8 nitrogen and oxygen atoms in total. The van der Waals surface area contributed by atoms with Crippen molar-refractivity contribution < 1.29 is 14.3 Å². The Morgan fingerprint density at radius 2 is 1.80 bits per heavy atom. The first-order valence-corrected chi connectivity index (χ1v) is 11.9. The van der Waals surface area contributed by atoms with Crippen LogP contribution in [0.5, 0.6) is 11.6 Å². The number of fused-ring (bicyclic) bond motifs is 1. The van der Waals surface area contributed by atoms with Gasteiger partial charge < -0.3 is 15.4 Å². The largest absolute Gasteiger partial charge is 0.438 e. The highest BCUT2D eigenvalue weighted by atomic mass is 35.5. The number of hydrogen-bond donors (Lipinski definition) is 2. The monoisotopic (exact) mass is 489 g/mol. The standard InChI is InChI=1S/C26H24ClN5O3/c27-19-9-4-8-18(14-19)26(34)28-20-10-5-11-21(15-20)35-24-13-12-23-29-22(16-32(23)31-24)30-25(33)17-6-2-1-3-7-17/h4-5,8-17H,1-3,6-7H2,(H,28,34)(H,30,33). The van der Waals surface area contributed by atoms with Crippen molar-refractivity contribution in [1.82, 2.24) is 14.6 Å². The van der Waals surface area contributed by atoms with Crippen LogP contribution in [0.25, 0.3) is 5.65 Å². The fourth-order valence-electron chi connectivity index (χ4n) is 4.16. The zero-order chi connectivity index (χ0) is 24.2. The minimum atomic E-state index is -0.273. The number of anilines is 2. The van der Waals surface area contributed by atoms with Gasteiger partial charge in [0.2, 0.25) is 11.8 Å². The molecule has 5 rings (SSSR count). The third kappa shape index (κ3) is 5.60. The number of nitrogens with one attached hydrogen (secondary N) is 2. The molecule has 0 spiro atoms. The van der Waals surface area contributed by atoms with Gasteiger partial charge in [0.05, 0.1) is 6.20 Å². The number of imidazole rings is 1. The Morgan fingerprint density at radius 3 is 2.63 bits per heavy atom. The van der Waals surface area contributed by atoms with Crippen molar-refractivity contribution in [2.45, 2.75) is 32.1 Å². The number of nitrogens with zero attached hydrogens (tertiary/aromatic N) is 3. The lowest BCUT2D eigenvalue weighted by Crippen LogP contribution is -2.24. The van der Waals surface area contributed by atoms with E-state index in [9.17, 15) is 9.59 Å². The maximum Gasteiger partial charge on any atom is 0.255 e. The predicted molar refractivity (Wildman–Crippen MR) is 134 cm³/mol. The first kappa shape index (κ1) is 22.9. The third-order valence-electron chi connectivity index (χ3n) is 5.92. The second kappa shape index (κ2) is 10.1. The molecule has 1 aliphatic carbocycles.